The van der Waals surface area contributed by atoms with Crippen molar-refractivity contribution >= 4 is 23.4 Å². The molecule has 0 fully saturated rings. The van der Waals surface area contributed by atoms with Gasteiger partial charge in [-0.05, 0) is 54.2 Å². The third kappa shape index (κ3) is 9.87. The molecule has 4 rings (SSSR count). The zero-order chi connectivity index (χ0) is 27.8. The van der Waals surface area contributed by atoms with E-state index in [4.69, 9.17) is 10.00 Å². The standard InChI is InChI=1S/C22H13F6N2O2S.C5H5.Fe/c23-21(24,25)17-9-4-13(11-29)10-19(17)32-12-15-2-1-3-18(15)30-20(31)14-5-7-16(8-6-14)33-22(26,27)28;1-2-4-5-3-1;/h1-10H,12H2,(H,30,31);1-5H;/q2*-1;+2. The molecule has 0 aliphatic rings. The molecule has 4 nitrogen and oxygen atoms in total. The largest absolute Gasteiger partial charge is 2.00 e. The molecule has 4 aromatic carbocycles. The number of amides is 1. The molecule has 1 N–H and O–H groups in total. The average Bonchev–Trinajstić information content (AvgIpc) is 3.57. The van der Waals surface area contributed by atoms with E-state index in [0.717, 1.165) is 30.3 Å². The van der Waals surface area contributed by atoms with Crippen LogP contribution in [0.25, 0.3) is 0 Å². The van der Waals surface area contributed by atoms with Gasteiger partial charge in [0.05, 0.1) is 23.8 Å². The van der Waals surface area contributed by atoms with Crippen molar-refractivity contribution < 1.29 is 52.9 Å². The Balaban J connectivity index is 0.000000797. The Labute approximate surface area is 234 Å². The Morgan fingerprint density at radius 3 is 2.18 bits per heavy atom. The maximum atomic E-state index is 13.2. The van der Waals surface area contributed by atoms with Crippen LogP contribution in [0, 0.1) is 11.3 Å². The molecule has 0 atom stereocenters. The second-order valence-electron chi connectivity index (χ2n) is 7.56. The molecule has 0 aliphatic carbocycles. The van der Waals surface area contributed by atoms with Gasteiger partial charge in [0, 0.05) is 10.5 Å². The van der Waals surface area contributed by atoms with E-state index in [1.165, 1.54) is 24.3 Å². The van der Waals surface area contributed by atoms with Gasteiger partial charge in [0.15, 0.2) is 0 Å². The monoisotopic (exact) mass is 604 g/mol. The summed E-state index contributed by atoms with van der Waals surface area (Å²) in [6.07, 6.45) is -4.69. The first-order chi connectivity index (χ1) is 18.0. The minimum atomic E-state index is -4.69. The van der Waals surface area contributed by atoms with Crippen molar-refractivity contribution in [1.29, 1.82) is 5.26 Å². The molecule has 0 heterocycles. The van der Waals surface area contributed by atoms with E-state index in [2.05, 4.69) is 5.32 Å². The molecule has 0 unspecified atom stereocenters. The fraction of sp³-hybridized carbons (Fsp3) is 0.111. The van der Waals surface area contributed by atoms with Gasteiger partial charge in [-0.2, -0.15) is 55.9 Å². The molecule has 4 aromatic rings. The number of hydrogen-bond acceptors (Lipinski definition) is 4. The van der Waals surface area contributed by atoms with Crippen LogP contribution in [0.2, 0.25) is 0 Å². The summed E-state index contributed by atoms with van der Waals surface area (Å²) < 4.78 is 82.2. The number of anilines is 1. The Hall–Kier alpha value is -3.65. The van der Waals surface area contributed by atoms with E-state index in [1.54, 1.807) is 12.1 Å². The van der Waals surface area contributed by atoms with Gasteiger partial charge in [-0.25, -0.2) is 18.2 Å². The van der Waals surface area contributed by atoms with E-state index in [9.17, 15) is 31.1 Å². The fourth-order valence-corrected chi connectivity index (χ4v) is 3.67. The minimum Gasteiger partial charge on any atom is -0.501 e. The SMILES string of the molecule is N#Cc1ccc(C(F)(F)F)c(OCc2cc[cH-]c2NC(=O)c2ccc(SC(F)(F)F)cc2)c1.[Fe+2].c1cc[cH-]c1. The van der Waals surface area contributed by atoms with Crippen LogP contribution in [0.5, 0.6) is 5.75 Å². The number of nitriles is 1. The Kier molecular flexibility index (Phi) is 11.3. The first kappa shape index (κ1) is 31.6. The molecular weight excluding hydrogens is 586 g/mol. The fourth-order valence-electron chi connectivity index (χ4n) is 3.13. The number of nitrogens with zero attached hydrogens (tertiary/aromatic N) is 1. The molecule has 0 saturated carbocycles. The van der Waals surface area contributed by atoms with Crippen LogP contribution in [-0.4, -0.2) is 11.4 Å². The van der Waals surface area contributed by atoms with E-state index >= 15 is 0 Å². The van der Waals surface area contributed by atoms with E-state index in [-0.39, 0.29) is 57.1 Å². The molecule has 0 bridgehead atoms. The van der Waals surface area contributed by atoms with Crippen molar-refractivity contribution in [2.75, 3.05) is 5.32 Å². The molecule has 12 heteroatoms. The summed E-state index contributed by atoms with van der Waals surface area (Å²) in [7, 11) is 0. The number of alkyl halides is 6. The van der Waals surface area contributed by atoms with Crippen molar-refractivity contribution in [1.82, 2.24) is 0 Å². The van der Waals surface area contributed by atoms with Gasteiger partial charge in [0.1, 0.15) is 5.75 Å². The Morgan fingerprint density at radius 1 is 0.974 bits per heavy atom. The number of benzene rings is 2. The summed E-state index contributed by atoms with van der Waals surface area (Å²) in [5.41, 5.74) is -4.79. The van der Waals surface area contributed by atoms with Gasteiger partial charge in [0.25, 0.3) is 5.91 Å². The molecule has 0 aromatic heterocycles. The number of ether oxygens (including phenoxy) is 1. The van der Waals surface area contributed by atoms with Crippen molar-refractivity contribution in [3.8, 4) is 11.8 Å². The van der Waals surface area contributed by atoms with Crippen LogP contribution in [0.4, 0.5) is 32.0 Å². The van der Waals surface area contributed by atoms with E-state index < -0.39 is 28.9 Å². The topological polar surface area (TPSA) is 62.1 Å². The smallest absolute Gasteiger partial charge is 0.501 e. The molecule has 0 aliphatic heterocycles. The van der Waals surface area contributed by atoms with Gasteiger partial charge in [-0.3, -0.25) is 4.79 Å². The van der Waals surface area contributed by atoms with E-state index in [1.807, 2.05) is 30.3 Å². The summed E-state index contributed by atoms with van der Waals surface area (Å²) in [5, 5.41) is 11.5. The summed E-state index contributed by atoms with van der Waals surface area (Å²) >= 11 is -0.310. The first-order valence-corrected chi connectivity index (χ1v) is 11.6. The number of thioether (sulfide) groups is 1. The molecule has 204 valence electrons. The van der Waals surface area contributed by atoms with Crippen LogP contribution < -0.4 is 10.1 Å². The van der Waals surface area contributed by atoms with Crippen molar-refractivity contribution in [3.63, 3.8) is 0 Å². The summed E-state index contributed by atoms with van der Waals surface area (Å²) in [4.78, 5) is 12.4. The van der Waals surface area contributed by atoms with Crippen molar-refractivity contribution in [2.45, 2.75) is 23.2 Å². The van der Waals surface area contributed by atoms with Gasteiger partial charge >= 0.3 is 28.8 Å². The quantitative estimate of drug-likeness (QED) is 0.105. The number of carbonyl (C=O) groups is 1. The number of hydrogen-bond donors (Lipinski definition) is 1. The Bertz CT molecular complexity index is 1360. The first-order valence-electron chi connectivity index (χ1n) is 10.8. The maximum absolute atomic E-state index is 13.2. The van der Waals surface area contributed by atoms with Gasteiger partial charge in [-0.15, -0.1) is 11.6 Å². The van der Waals surface area contributed by atoms with E-state index in [0.29, 0.717) is 5.56 Å². The second kappa shape index (κ2) is 13.9. The third-order valence-electron chi connectivity index (χ3n) is 4.86. The third-order valence-corrected chi connectivity index (χ3v) is 5.60. The van der Waals surface area contributed by atoms with Crippen LogP contribution in [-0.2, 0) is 29.9 Å². The van der Waals surface area contributed by atoms with Gasteiger partial charge in [0.2, 0.25) is 0 Å². The summed E-state index contributed by atoms with van der Waals surface area (Å²) in [6, 6.07) is 23.8. The summed E-state index contributed by atoms with van der Waals surface area (Å²) in [5.74, 6) is -1.15. The van der Waals surface area contributed by atoms with Crippen LogP contribution >= 0.6 is 11.8 Å². The minimum absolute atomic E-state index is 0. The molecule has 1 amide bonds. The molecule has 39 heavy (non-hydrogen) atoms. The number of carbonyl (C=O) groups excluding carboxylic acids is 1. The Morgan fingerprint density at radius 2 is 1.64 bits per heavy atom. The zero-order valence-electron chi connectivity index (χ0n) is 19.7. The molecule has 0 spiro atoms. The molecular formula is C27H18F6FeN2O2S. The molecule has 0 saturated heterocycles. The van der Waals surface area contributed by atoms with Crippen LogP contribution in [0.3, 0.4) is 0 Å². The number of halogens is 6. The average molecular weight is 604 g/mol. The van der Waals surface area contributed by atoms with Crippen LogP contribution in [0.1, 0.15) is 27.0 Å². The van der Waals surface area contributed by atoms with Crippen molar-refractivity contribution in [2.24, 2.45) is 0 Å². The predicted molar refractivity (Wildman–Crippen MR) is 131 cm³/mol. The van der Waals surface area contributed by atoms with Crippen molar-refractivity contribution in [3.05, 3.63) is 113 Å². The number of rotatable bonds is 6. The normalized spacial score (nSPS) is 10.9. The summed E-state index contributed by atoms with van der Waals surface area (Å²) in [6.45, 7) is -0.332. The zero-order valence-corrected chi connectivity index (χ0v) is 21.6. The second-order valence-corrected chi connectivity index (χ2v) is 8.70. The maximum Gasteiger partial charge on any atom is 2.00 e. The number of nitrogens with one attached hydrogen (secondary N) is 1. The van der Waals surface area contributed by atoms with Crippen LogP contribution in [0.15, 0.2) is 95.9 Å². The van der Waals surface area contributed by atoms with Gasteiger partial charge in [-0.1, -0.05) is 5.69 Å². The predicted octanol–water partition coefficient (Wildman–Crippen LogP) is 8.14. The molecule has 0 radical (unpaired) electrons. The van der Waals surface area contributed by atoms with Gasteiger partial charge < -0.3 is 10.1 Å².